The third kappa shape index (κ3) is 5.05. The lowest BCUT2D eigenvalue weighted by molar-refractivity contribution is -0.0436. The van der Waals surface area contributed by atoms with Crippen molar-refractivity contribution in [3.63, 3.8) is 0 Å². The summed E-state index contributed by atoms with van der Waals surface area (Å²) in [6.07, 6.45) is 3.53. The van der Waals surface area contributed by atoms with Crippen molar-refractivity contribution in [1.82, 2.24) is 0 Å². The molecule has 3 nitrogen and oxygen atoms in total. The molecule has 4 aromatic rings. The summed E-state index contributed by atoms with van der Waals surface area (Å²) < 4.78 is 61.0. The molecule has 0 spiro atoms. The van der Waals surface area contributed by atoms with Gasteiger partial charge < -0.3 is 4.90 Å². The molecule has 0 heterocycles. The lowest BCUT2D eigenvalue weighted by atomic mass is 10.1. The Balaban J connectivity index is 1.55. The SMILES string of the molecule is O=S(=O)(c1ccc(/C=C/c2ccc(N(c3ccccc3)c3ccccc3)cc2)cc1)C(F)(F)F. The smallest absolute Gasteiger partial charge is 0.311 e. The van der Waals surface area contributed by atoms with Gasteiger partial charge in [0.25, 0.3) is 9.84 Å². The molecule has 0 saturated carbocycles. The fourth-order valence-corrected chi connectivity index (χ4v) is 4.18. The molecule has 0 bridgehead atoms. The van der Waals surface area contributed by atoms with Gasteiger partial charge in [0.2, 0.25) is 0 Å². The Morgan fingerprint density at radius 3 is 1.35 bits per heavy atom. The Kier molecular flexibility index (Phi) is 6.56. The van der Waals surface area contributed by atoms with E-state index >= 15 is 0 Å². The minimum atomic E-state index is -5.35. The van der Waals surface area contributed by atoms with E-state index < -0.39 is 20.2 Å². The van der Waals surface area contributed by atoms with E-state index in [9.17, 15) is 21.6 Å². The molecular weight excluding hydrogens is 459 g/mol. The highest BCUT2D eigenvalue weighted by molar-refractivity contribution is 7.92. The molecular formula is C27H20F3NO2S. The minimum absolute atomic E-state index is 0.584. The van der Waals surface area contributed by atoms with E-state index in [0.29, 0.717) is 5.56 Å². The van der Waals surface area contributed by atoms with Gasteiger partial charge in [-0.15, -0.1) is 0 Å². The van der Waals surface area contributed by atoms with Gasteiger partial charge in [-0.05, 0) is 59.7 Å². The van der Waals surface area contributed by atoms with E-state index in [1.165, 1.54) is 12.1 Å². The maximum absolute atomic E-state index is 12.7. The van der Waals surface area contributed by atoms with Crippen molar-refractivity contribution in [2.24, 2.45) is 0 Å². The van der Waals surface area contributed by atoms with Crippen molar-refractivity contribution < 1.29 is 21.6 Å². The van der Waals surface area contributed by atoms with Crippen LogP contribution >= 0.6 is 0 Å². The number of para-hydroxylation sites is 2. The fraction of sp³-hybridized carbons (Fsp3) is 0.0370. The molecule has 0 N–H and O–H groups in total. The van der Waals surface area contributed by atoms with Gasteiger partial charge in [-0.3, -0.25) is 0 Å². The van der Waals surface area contributed by atoms with Crippen molar-refractivity contribution in [3.8, 4) is 0 Å². The van der Waals surface area contributed by atoms with Gasteiger partial charge in [0.05, 0.1) is 4.90 Å². The quantitative estimate of drug-likeness (QED) is 0.267. The van der Waals surface area contributed by atoms with Gasteiger partial charge >= 0.3 is 5.51 Å². The molecule has 34 heavy (non-hydrogen) atoms. The number of benzene rings is 4. The van der Waals surface area contributed by atoms with Crippen molar-refractivity contribution in [3.05, 3.63) is 120 Å². The van der Waals surface area contributed by atoms with Crippen molar-refractivity contribution in [2.75, 3.05) is 4.90 Å². The zero-order chi connectivity index (χ0) is 24.2. The summed E-state index contributed by atoms with van der Waals surface area (Å²) in [7, 11) is -5.35. The average molecular weight is 480 g/mol. The Bertz CT molecular complexity index is 1330. The summed E-state index contributed by atoms with van der Waals surface area (Å²) in [5, 5.41) is 0. The molecule has 0 aromatic heterocycles. The predicted octanol–water partition coefficient (Wildman–Crippen LogP) is 7.62. The third-order valence-electron chi connectivity index (χ3n) is 5.14. The number of hydrogen-bond acceptors (Lipinski definition) is 3. The van der Waals surface area contributed by atoms with Gasteiger partial charge in [0, 0.05) is 17.1 Å². The van der Waals surface area contributed by atoms with Crippen LogP contribution in [0.2, 0.25) is 0 Å². The maximum atomic E-state index is 12.7. The number of anilines is 3. The first-order valence-electron chi connectivity index (χ1n) is 10.4. The predicted molar refractivity (Wildman–Crippen MR) is 130 cm³/mol. The Labute approximate surface area is 196 Å². The number of hydrogen-bond donors (Lipinski definition) is 0. The topological polar surface area (TPSA) is 37.4 Å². The molecule has 0 saturated heterocycles. The zero-order valence-electron chi connectivity index (χ0n) is 17.9. The molecule has 0 amide bonds. The van der Waals surface area contributed by atoms with Gasteiger partial charge in [0.1, 0.15) is 0 Å². The van der Waals surface area contributed by atoms with Crippen LogP contribution in [0.25, 0.3) is 12.2 Å². The van der Waals surface area contributed by atoms with E-state index in [1.54, 1.807) is 6.08 Å². The molecule has 172 valence electrons. The molecule has 4 rings (SSSR count). The van der Waals surface area contributed by atoms with Crippen molar-refractivity contribution in [2.45, 2.75) is 10.4 Å². The molecule has 4 aromatic carbocycles. The summed E-state index contributed by atoms with van der Waals surface area (Å²) >= 11 is 0. The number of sulfone groups is 1. The number of rotatable bonds is 6. The monoisotopic (exact) mass is 479 g/mol. The zero-order valence-corrected chi connectivity index (χ0v) is 18.7. The summed E-state index contributed by atoms with van der Waals surface area (Å²) in [5.41, 5.74) is -0.843. The van der Waals surface area contributed by atoms with Crippen LogP contribution in [0.3, 0.4) is 0 Å². The Morgan fingerprint density at radius 2 is 0.941 bits per heavy atom. The Morgan fingerprint density at radius 1 is 0.559 bits per heavy atom. The molecule has 0 aliphatic heterocycles. The summed E-state index contributed by atoms with van der Waals surface area (Å²) in [6, 6.07) is 32.4. The average Bonchev–Trinajstić information content (AvgIpc) is 2.85. The molecule has 0 radical (unpaired) electrons. The maximum Gasteiger partial charge on any atom is 0.501 e. The van der Waals surface area contributed by atoms with E-state index in [4.69, 9.17) is 0 Å². The van der Waals surface area contributed by atoms with Gasteiger partial charge in [0.15, 0.2) is 0 Å². The lowest BCUT2D eigenvalue weighted by Crippen LogP contribution is -2.23. The van der Waals surface area contributed by atoms with Crippen LogP contribution in [0.5, 0.6) is 0 Å². The van der Waals surface area contributed by atoms with Crippen LogP contribution in [0, 0.1) is 0 Å². The van der Waals surface area contributed by atoms with E-state index in [-0.39, 0.29) is 0 Å². The first-order valence-corrected chi connectivity index (χ1v) is 11.8. The summed E-state index contributed by atoms with van der Waals surface area (Å²) in [6.45, 7) is 0. The molecule has 7 heteroatoms. The summed E-state index contributed by atoms with van der Waals surface area (Å²) in [4.78, 5) is 1.36. The third-order valence-corrected chi connectivity index (χ3v) is 6.65. The standard InChI is InChI=1S/C27H20F3NO2S/c28-27(29,30)34(32,33)26-19-15-22(16-20-26)12-11-21-13-17-25(18-14-21)31(23-7-3-1-4-8-23)24-9-5-2-6-10-24/h1-20H/b12-11+. The van der Waals surface area contributed by atoms with Crippen LogP contribution in [0.1, 0.15) is 11.1 Å². The highest BCUT2D eigenvalue weighted by Crippen LogP contribution is 2.34. The first-order chi connectivity index (χ1) is 16.3. The fourth-order valence-electron chi connectivity index (χ4n) is 3.42. The van der Waals surface area contributed by atoms with E-state index in [1.807, 2.05) is 91.0 Å². The number of halogens is 3. The second-order valence-corrected chi connectivity index (χ2v) is 9.39. The second-order valence-electron chi connectivity index (χ2n) is 7.45. The van der Waals surface area contributed by atoms with Crippen LogP contribution in [0.15, 0.2) is 114 Å². The normalized spacial score (nSPS) is 12.1. The van der Waals surface area contributed by atoms with Gasteiger partial charge in [-0.25, -0.2) is 8.42 Å². The number of alkyl halides is 3. The summed E-state index contributed by atoms with van der Waals surface area (Å²) in [5.74, 6) is 0. The van der Waals surface area contributed by atoms with Crippen molar-refractivity contribution >= 4 is 39.1 Å². The number of nitrogens with zero attached hydrogens (tertiary/aromatic N) is 1. The molecule has 0 fully saturated rings. The van der Waals surface area contributed by atoms with Crippen LogP contribution in [0.4, 0.5) is 30.2 Å². The molecule has 0 unspecified atom stereocenters. The van der Waals surface area contributed by atoms with E-state index in [0.717, 1.165) is 34.8 Å². The van der Waals surface area contributed by atoms with Crippen LogP contribution in [-0.4, -0.2) is 13.9 Å². The van der Waals surface area contributed by atoms with E-state index in [2.05, 4.69) is 4.90 Å². The lowest BCUT2D eigenvalue weighted by Gasteiger charge is -2.25. The minimum Gasteiger partial charge on any atom is -0.311 e. The Hall–Kier alpha value is -3.84. The van der Waals surface area contributed by atoms with Gasteiger partial charge in [-0.1, -0.05) is 72.8 Å². The van der Waals surface area contributed by atoms with Crippen molar-refractivity contribution in [1.29, 1.82) is 0 Å². The highest BCUT2D eigenvalue weighted by atomic mass is 32.2. The second kappa shape index (κ2) is 9.57. The molecule has 0 atom stereocenters. The van der Waals surface area contributed by atoms with Crippen LogP contribution in [-0.2, 0) is 9.84 Å². The largest absolute Gasteiger partial charge is 0.501 e. The molecule has 0 aliphatic rings. The van der Waals surface area contributed by atoms with Gasteiger partial charge in [-0.2, -0.15) is 13.2 Å². The molecule has 0 aliphatic carbocycles. The van der Waals surface area contributed by atoms with Crippen LogP contribution < -0.4 is 4.90 Å². The highest BCUT2D eigenvalue weighted by Gasteiger charge is 2.46. The first kappa shape index (κ1) is 23.3.